The normalized spacial score (nSPS) is 29.4. The van der Waals surface area contributed by atoms with Crippen LogP contribution in [0.15, 0.2) is 0 Å². The lowest BCUT2D eigenvalue weighted by molar-refractivity contribution is -0.136. The summed E-state index contributed by atoms with van der Waals surface area (Å²) in [7, 11) is 1.00. The summed E-state index contributed by atoms with van der Waals surface area (Å²) in [5, 5.41) is 29.7. The van der Waals surface area contributed by atoms with Gasteiger partial charge in [0.15, 0.2) is 0 Å². The first-order valence-corrected chi connectivity index (χ1v) is 7.84. The topological polar surface area (TPSA) is 107 Å². The zero-order valence-corrected chi connectivity index (χ0v) is 14.2. The Hall–Kier alpha value is -0.980. The monoisotopic (exact) mass is 333 g/mol. The molecular weight excluding hydrogens is 298 g/mol. The van der Waals surface area contributed by atoms with E-state index in [1.165, 1.54) is 0 Å². The maximum atomic E-state index is 12.3. The number of aliphatic hydroxyl groups is 3. The van der Waals surface area contributed by atoms with Gasteiger partial charge in [-0.15, -0.1) is 0 Å². The van der Waals surface area contributed by atoms with E-state index in [9.17, 15) is 19.8 Å². The zero-order chi connectivity index (χ0) is 17.4. The van der Waals surface area contributed by atoms with Gasteiger partial charge in [0.25, 0.3) is 0 Å². The molecule has 6 atom stereocenters. The number of aliphatic hydroxyl groups excluding tert-OH is 3. The number of carbonyl (C=O) groups excluding carboxylic acids is 2. The molecule has 0 saturated heterocycles. The second-order valence-electron chi connectivity index (χ2n) is 6.37. The van der Waals surface area contributed by atoms with E-state index >= 15 is 0 Å². The van der Waals surface area contributed by atoms with Gasteiger partial charge in [-0.3, -0.25) is 4.79 Å². The smallest absolute Gasteiger partial charge is 0.223 e. The van der Waals surface area contributed by atoms with Gasteiger partial charge in [-0.2, -0.15) is 0 Å². The largest absolute Gasteiger partial charge is 0.400 e. The molecule has 1 saturated carbocycles. The lowest BCUT2D eigenvalue weighted by Crippen LogP contribution is -2.48. The number of nitrogens with one attached hydrogen (secondary N) is 1. The van der Waals surface area contributed by atoms with Crippen LogP contribution in [0.5, 0.6) is 0 Å². The first kappa shape index (κ1) is 24.3. The Bertz CT molecular complexity index is 346. The minimum atomic E-state index is -0.770. The van der Waals surface area contributed by atoms with Gasteiger partial charge in [0.2, 0.25) is 5.91 Å². The molecule has 0 heterocycles. The number of amides is 1. The summed E-state index contributed by atoms with van der Waals surface area (Å²) >= 11 is 0. The summed E-state index contributed by atoms with van der Waals surface area (Å²) in [6.07, 6.45) is 0.185. The molecule has 0 aromatic carbocycles. The summed E-state index contributed by atoms with van der Waals surface area (Å²) in [6, 6.07) is 0.0333. The highest BCUT2D eigenvalue weighted by Crippen LogP contribution is 2.39. The van der Waals surface area contributed by atoms with Gasteiger partial charge < -0.3 is 25.4 Å². The van der Waals surface area contributed by atoms with E-state index in [0.29, 0.717) is 6.42 Å². The summed E-state index contributed by atoms with van der Waals surface area (Å²) in [5.74, 6) is -1.07. The number of carbonyl (C=O) groups is 2. The van der Waals surface area contributed by atoms with Crippen LogP contribution in [0.4, 0.5) is 0 Å². The Morgan fingerprint density at radius 2 is 1.70 bits per heavy atom. The van der Waals surface area contributed by atoms with Crippen LogP contribution in [0.1, 0.15) is 48.0 Å². The summed E-state index contributed by atoms with van der Waals surface area (Å²) in [4.78, 5) is 23.3. The molecule has 138 valence electrons. The van der Waals surface area contributed by atoms with Crippen molar-refractivity contribution in [3.63, 3.8) is 0 Å². The zero-order valence-electron chi connectivity index (χ0n) is 14.2. The van der Waals surface area contributed by atoms with Crippen molar-refractivity contribution < 1.29 is 24.9 Å². The summed E-state index contributed by atoms with van der Waals surface area (Å²) in [6.45, 7) is 7.37. The van der Waals surface area contributed by atoms with Gasteiger partial charge in [0.05, 0.1) is 12.2 Å². The predicted molar refractivity (Wildman–Crippen MR) is 90.8 cm³/mol. The quantitative estimate of drug-likeness (QED) is 0.561. The van der Waals surface area contributed by atoms with Gasteiger partial charge >= 0.3 is 0 Å². The molecule has 1 aliphatic rings. The molecule has 1 fully saturated rings. The first-order chi connectivity index (χ1) is 10.3. The molecule has 0 aromatic heterocycles. The third kappa shape index (κ3) is 6.97. The van der Waals surface area contributed by atoms with Crippen molar-refractivity contribution in [1.29, 1.82) is 0 Å². The molecule has 1 rings (SSSR count). The molecule has 23 heavy (non-hydrogen) atoms. The van der Waals surface area contributed by atoms with Crippen molar-refractivity contribution >= 4 is 12.2 Å². The molecule has 0 aliphatic heterocycles. The number of hydrogen-bond acceptors (Lipinski definition) is 5. The standard InChI is InChI=1S/C15H27NO4.CH4O.CH4/c1-8(2)16-15(20)13-6-14(19)11(7-17)5-12(13)9(3)10(4)18;1-2;/h7-14,18-19H,5-6H2,1-4H3,(H,16,20);2H,1H3;1H4. The number of aldehydes is 1. The molecule has 6 unspecified atom stereocenters. The van der Waals surface area contributed by atoms with Crippen LogP contribution in [-0.4, -0.2) is 52.9 Å². The van der Waals surface area contributed by atoms with E-state index in [2.05, 4.69) is 5.32 Å². The average Bonchev–Trinajstić information content (AvgIpc) is 2.47. The van der Waals surface area contributed by atoms with Crippen LogP contribution in [0.3, 0.4) is 0 Å². The molecule has 0 radical (unpaired) electrons. The fourth-order valence-corrected chi connectivity index (χ4v) is 3.02. The maximum absolute atomic E-state index is 12.3. The third-order valence-electron chi connectivity index (χ3n) is 4.43. The second-order valence-corrected chi connectivity index (χ2v) is 6.37. The van der Waals surface area contributed by atoms with E-state index in [1.54, 1.807) is 6.92 Å². The molecule has 0 spiro atoms. The van der Waals surface area contributed by atoms with Gasteiger partial charge in [-0.25, -0.2) is 0 Å². The summed E-state index contributed by atoms with van der Waals surface area (Å²) < 4.78 is 0. The number of hydrogen-bond donors (Lipinski definition) is 4. The minimum absolute atomic E-state index is 0. The Labute approximate surface area is 140 Å². The molecule has 6 nitrogen and oxygen atoms in total. The van der Waals surface area contributed by atoms with Crippen molar-refractivity contribution in [3.8, 4) is 0 Å². The van der Waals surface area contributed by atoms with Crippen molar-refractivity contribution in [3.05, 3.63) is 0 Å². The molecule has 1 aliphatic carbocycles. The van der Waals surface area contributed by atoms with Crippen molar-refractivity contribution in [2.45, 2.75) is 66.2 Å². The van der Waals surface area contributed by atoms with E-state index in [4.69, 9.17) is 5.11 Å². The van der Waals surface area contributed by atoms with Crippen molar-refractivity contribution in [1.82, 2.24) is 5.32 Å². The average molecular weight is 333 g/mol. The highest BCUT2D eigenvalue weighted by atomic mass is 16.3. The number of rotatable bonds is 5. The van der Waals surface area contributed by atoms with Crippen LogP contribution in [0.25, 0.3) is 0 Å². The Morgan fingerprint density at radius 3 is 2.09 bits per heavy atom. The van der Waals surface area contributed by atoms with E-state index in [0.717, 1.165) is 13.4 Å². The van der Waals surface area contributed by atoms with Crippen LogP contribution in [0, 0.1) is 23.7 Å². The van der Waals surface area contributed by atoms with Crippen LogP contribution in [0.2, 0.25) is 0 Å². The summed E-state index contributed by atoms with van der Waals surface area (Å²) in [5.41, 5.74) is 0. The fraction of sp³-hybridized carbons (Fsp3) is 0.882. The molecular formula is C17H35NO5. The maximum Gasteiger partial charge on any atom is 0.223 e. The van der Waals surface area contributed by atoms with Crippen molar-refractivity contribution in [2.24, 2.45) is 23.7 Å². The lowest BCUT2D eigenvalue weighted by atomic mass is 9.66. The van der Waals surface area contributed by atoms with E-state index < -0.39 is 18.1 Å². The Kier molecular flexibility index (Phi) is 12.2. The van der Waals surface area contributed by atoms with E-state index in [-0.39, 0.29) is 43.6 Å². The Balaban J connectivity index is 0. The first-order valence-electron chi connectivity index (χ1n) is 7.84. The lowest BCUT2D eigenvalue weighted by Gasteiger charge is -2.40. The molecule has 0 bridgehead atoms. The third-order valence-corrected chi connectivity index (χ3v) is 4.43. The van der Waals surface area contributed by atoms with E-state index in [1.807, 2.05) is 20.8 Å². The van der Waals surface area contributed by atoms with Gasteiger partial charge in [0.1, 0.15) is 6.29 Å². The molecule has 4 N–H and O–H groups in total. The minimum Gasteiger partial charge on any atom is -0.400 e. The highest BCUT2D eigenvalue weighted by molar-refractivity contribution is 5.79. The van der Waals surface area contributed by atoms with Gasteiger partial charge in [-0.1, -0.05) is 14.4 Å². The van der Waals surface area contributed by atoms with Gasteiger partial charge in [-0.05, 0) is 45.4 Å². The predicted octanol–water partition coefficient (Wildman–Crippen LogP) is 0.975. The Morgan fingerprint density at radius 1 is 1.17 bits per heavy atom. The van der Waals surface area contributed by atoms with Crippen LogP contribution in [-0.2, 0) is 9.59 Å². The van der Waals surface area contributed by atoms with Crippen molar-refractivity contribution in [2.75, 3.05) is 7.11 Å². The fourth-order valence-electron chi connectivity index (χ4n) is 3.02. The van der Waals surface area contributed by atoms with Crippen LogP contribution >= 0.6 is 0 Å². The molecule has 0 aromatic rings. The molecule has 6 heteroatoms. The SMILES string of the molecule is C.CC(C)NC(=O)C1CC(O)C(C=O)CC1C(C)C(C)O.CO. The molecule has 1 amide bonds. The van der Waals surface area contributed by atoms with Crippen LogP contribution < -0.4 is 5.32 Å². The van der Waals surface area contributed by atoms with Gasteiger partial charge in [0, 0.05) is 25.0 Å². The second kappa shape index (κ2) is 11.5. The highest BCUT2D eigenvalue weighted by Gasteiger charge is 2.43.